The Hall–Kier alpha value is -2.80. The van der Waals surface area contributed by atoms with E-state index in [9.17, 15) is 0 Å². The first-order valence-electron chi connectivity index (χ1n) is 10.2. The minimum absolute atomic E-state index is 0.559. The van der Waals surface area contributed by atoms with Crippen LogP contribution >= 0.6 is 0 Å². The molecule has 1 fully saturated rings. The minimum atomic E-state index is 0.559. The molecule has 0 saturated carbocycles. The molecule has 1 N–H and O–H groups in total. The number of nitrogens with zero attached hydrogens (tertiary/aromatic N) is 4. The van der Waals surface area contributed by atoms with Gasteiger partial charge < -0.3 is 24.6 Å². The lowest BCUT2D eigenvalue weighted by molar-refractivity contribution is 0.146. The third-order valence-corrected chi connectivity index (χ3v) is 4.78. The molecule has 1 saturated heterocycles. The van der Waals surface area contributed by atoms with Gasteiger partial charge in [0.25, 0.3) is 0 Å². The normalized spacial score (nSPS) is 14.8. The molecule has 2 aromatic rings. The fourth-order valence-corrected chi connectivity index (χ4v) is 3.21. The van der Waals surface area contributed by atoms with Gasteiger partial charge in [-0.15, -0.1) is 0 Å². The number of ether oxygens (including phenoxy) is 2. The number of methoxy groups -OCH3 is 1. The summed E-state index contributed by atoms with van der Waals surface area (Å²) >= 11 is 0. The highest BCUT2D eigenvalue weighted by molar-refractivity contribution is 5.80. The maximum absolute atomic E-state index is 5.62. The smallest absolute Gasteiger partial charge is 0.194 e. The van der Waals surface area contributed by atoms with Gasteiger partial charge in [-0.3, -0.25) is 0 Å². The fraction of sp³-hybridized carbons (Fsp3) is 0.455. The van der Waals surface area contributed by atoms with Crippen LogP contribution in [0.2, 0.25) is 0 Å². The van der Waals surface area contributed by atoms with Gasteiger partial charge in [0.05, 0.1) is 13.2 Å². The van der Waals surface area contributed by atoms with E-state index < -0.39 is 0 Å². The van der Waals surface area contributed by atoms with Crippen LogP contribution in [0.3, 0.4) is 0 Å². The maximum atomic E-state index is 5.62. The lowest BCUT2D eigenvalue weighted by Crippen LogP contribution is -2.52. The highest BCUT2D eigenvalue weighted by Gasteiger charge is 2.20. The summed E-state index contributed by atoms with van der Waals surface area (Å²) in [7, 11) is 1.67. The second kappa shape index (κ2) is 11.3. The topological polar surface area (TPSA) is 62.2 Å². The van der Waals surface area contributed by atoms with E-state index in [2.05, 4.69) is 45.2 Å². The molecule has 2 heterocycles. The molecule has 0 amide bonds. The average Bonchev–Trinajstić information content (AvgIpc) is 2.78. The fourth-order valence-electron chi connectivity index (χ4n) is 3.21. The van der Waals surface area contributed by atoms with Gasteiger partial charge in [-0.25, -0.2) is 9.98 Å². The summed E-state index contributed by atoms with van der Waals surface area (Å²) in [6.45, 7) is 8.47. The minimum Gasteiger partial charge on any atom is -0.491 e. The summed E-state index contributed by atoms with van der Waals surface area (Å²) in [5.74, 6) is 2.86. The summed E-state index contributed by atoms with van der Waals surface area (Å²) in [4.78, 5) is 14.0. The van der Waals surface area contributed by atoms with E-state index in [1.807, 2.05) is 30.5 Å². The molecule has 0 radical (unpaired) electrons. The quantitative estimate of drug-likeness (QED) is 0.419. The van der Waals surface area contributed by atoms with Crippen molar-refractivity contribution in [1.29, 1.82) is 0 Å². The van der Waals surface area contributed by atoms with E-state index >= 15 is 0 Å². The highest BCUT2D eigenvalue weighted by Crippen LogP contribution is 2.14. The van der Waals surface area contributed by atoms with E-state index in [0.717, 1.165) is 55.8 Å². The van der Waals surface area contributed by atoms with Gasteiger partial charge >= 0.3 is 0 Å². The molecule has 1 aromatic heterocycles. The predicted molar refractivity (Wildman–Crippen MR) is 117 cm³/mol. The summed E-state index contributed by atoms with van der Waals surface area (Å²) in [5, 5.41) is 3.43. The monoisotopic (exact) mass is 397 g/mol. The van der Waals surface area contributed by atoms with Crippen LogP contribution in [0.1, 0.15) is 12.5 Å². The molecule has 7 heteroatoms. The number of guanidine groups is 1. The van der Waals surface area contributed by atoms with Gasteiger partial charge in [-0.2, -0.15) is 0 Å². The van der Waals surface area contributed by atoms with Crippen molar-refractivity contribution >= 4 is 11.8 Å². The first kappa shape index (κ1) is 20.9. The Morgan fingerprint density at radius 3 is 2.52 bits per heavy atom. The molecule has 29 heavy (non-hydrogen) atoms. The van der Waals surface area contributed by atoms with Crippen LogP contribution in [0.25, 0.3) is 0 Å². The van der Waals surface area contributed by atoms with Crippen LogP contribution in [-0.2, 0) is 11.3 Å². The summed E-state index contributed by atoms with van der Waals surface area (Å²) < 4.78 is 10.6. The van der Waals surface area contributed by atoms with E-state index in [1.165, 1.54) is 0 Å². The van der Waals surface area contributed by atoms with Crippen LogP contribution in [0, 0.1) is 0 Å². The average molecular weight is 398 g/mol. The van der Waals surface area contributed by atoms with Gasteiger partial charge in [0.2, 0.25) is 0 Å². The summed E-state index contributed by atoms with van der Waals surface area (Å²) in [6, 6.07) is 14.2. The van der Waals surface area contributed by atoms with Crippen molar-refractivity contribution in [2.24, 2.45) is 4.99 Å². The molecule has 7 nitrogen and oxygen atoms in total. The van der Waals surface area contributed by atoms with Crippen molar-refractivity contribution in [1.82, 2.24) is 15.2 Å². The summed E-state index contributed by atoms with van der Waals surface area (Å²) in [5.41, 5.74) is 1.16. The van der Waals surface area contributed by atoms with Crippen LogP contribution in [-0.4, -0.2) is 68.9 Å². The lowest BCUT2D eigenvalue weighted by atomic mass is 10.2. The molecule has 1 aromatic carbocycles. The zero-order chi connectivity index (χ0) is 20.3. The molecule has 0 atom stereocenters. The van der Waals surface area contributed by atoms with Gasteiger partial charge in [0, 0.05) is 46.0 Å². The van der Waals surface area contributed by atoms with E-state index in [4.69, 9.17) is 14.5 Å². The lowest BCUT2D eigenvalue weighted by Gasteiger charge is -2.37. The Balaban J connectivity index is 1.54. The molecule has 0 spiro atoms. The first-order chi connectivity index (χ1) is 14.3. The number of aromatic nitrogens is 1. The van der Waals surface area contributed by atoms with Gasteiger partial charge in [0.1, 0.15) is 18.2 Å². The number of benzene rings is 1. The van der Waals surface area contributed by atoms with Gasteiger partial charge in [-0.05, 0) is 36.8 Å². The number of anilines is 1. The van der Waals surface area contributed by atoms with Crippen LogP contribution in [0.15, 0.2) is 53.7 Å². The number of pyridine rings is 1. The zero-order valence-electron chi connectivity index (χ0n) is 17.4. The molecular formula is C22H31N5O2. The van der Waals surface area contributed by atoms with Crippen molar-refractivity contribution in [3.05, 3.63) is 54.2 Å². The number of rotatable bonds is 8. The number of nitrogens with one attached hydrogen (secondary N) is 1. The first-order valence-corrected chi connectivity index (χ1v) is 10.2. The molecule has 0 unspecified atom stereocenters. The molecule has 1 aliphatic heterocycles. The Bertz CT molecular complexity index is 744. The molecular weight excluding hydrogens is 366 g/mol. The van der Waals surface area contributed by atoms with Crippen molar-refractivity contribution < 1.29 is 9.47 Å². The Kier molecular flexibility index (Phi) is 8.12. The van der Waals surface area contributed by atoms with Crippen LogP contribution in [0.4, 0.5) is 5.82 Å². The third kappa shape index (κ3) is 6.35. The van der Waals surface area contributed by atoms with Crippen molar-refractivity contribution in [3.63, 3.8) is 0 Å². The predicted octanol–water partition coefficient (Wildman–Crippen LogP) is 2.39. The second-order valence-electron chi connectivity index (χ2n) is 6.82. The molecule has 0 aliphatic carbocycles. The SMILES string of the molecule is CCNC(=NCc1ccc(OCCOC)cc1)N1CCN(c2ccccn2)CC1. The zero-order valence-corrected chi connectivity index (χ0v) is 17.4. The number of hydrogen-bond donors (Lipinski definition) is 1. The van der Waals surface area contributed by atoms with Crippen molar-refractivity contribution in [2.45, 2.75) is 13.5 Å². The largest absolute Gasteiger partial charge is 0.491 e. The van der Waals surface area contributed by atoms with E-state index in [1.54, 1.807) is 7.11 Å². The second-order valence-corrected chi connectivity index (χ2v) is 6.82. The number of piperazine rings is 1. The van der Waals surface area contributed by atoms with E-state index in [-0.39, 0.29) is 0 Å². The Morgan fingerprint density at radius 1 is 1.07 bits per heavy atom. The van der Waals surface area contributed by atoms with Crippen LogP contribution in [0.5, 0.6) is 5.75 Å². The summed E-state index contributed by atoms with van der Waals surface area (Å²) in [6.07, 6.45) is 1.85. The Labute approximate surface area is 173 Å². The standard InChI is InChI=1S/C22H31N5O2/c1-3-23-22(25-18-19-7-9-20(10-8-19)29-17-16-28-2)27-14-12-26(13-15-27)21-6-4-5-11-24-21/h4-11H,3,12-18H2,1-2H3,(H,23,25). The highest BCUT2D eigenvalue weighted by atomic mass is 16.5. The number of aliphatic imine (C=N–C) groups is 1. The van der Waals surface area contributed by atoms with Crippen molar-refractivity contribution in [3.8, 4) is 5.75 Å². The molecule has 156 valence electrons. The van der Waals surface area contributed by atoms with E-state index in [0.29, 0.717) is 19.8 Å². The van der Waals surface area contributed by atoms with Crippen LogP contribution < -0.4 is 15.0 Å². The molecule has 1 aliphatic rings. The Morgan fingerprint density at radius 2 is 1.86 bits per heavy atom. The molecule has 0 bridgehead atoms. The van der Waals surface area contributed by atoms with Crippen molar-refractivity contribution in [2.75, 3.05) is 57.9 Å². The number of hydrogen-bond acceptors (Lipinski definition) is 5. The van der Waals surface area contributed by atoms with Gasteiger partial charge in [0.15, 0.2) is 5.96 Å². The van der Waals surface area contributed by atoms with Gasteiger partial charge in [-0.1, -0.05) is 18.2 Å². The third-order valence-electron chi connectivity index (χ3n) is 4.78. The molecule has 3 rings (SSSR count). The maximum Gasteiger partial charge on any atom is 0.194 e.